The summed E-state index contributed by atoms with van der Waals surface area (Å²) in [6, 6.07) is -0.296. The molecular formula is C11H19N5O2. The van der Waals surface area contributed by atoms with E-state index >= 15 is 0 Å². The number of amides is 3. The van der Waals surface area contributed by atoms with Gasteiger partial charge in [0.15, 0.2) is 5.96 Å². The van der Waals surface area contributed by atoms with E-state index in [1.807, 2.05) is 0 Å². The van der Waals surface area contributed by atoms with E-state index < -0.39 is 5.54 Å². The average molecular weight is 253 g/mol. The Morgan fingerprint density at radius 1 is 1.50 bits per heavy atom. The second-order valence-corrected chi connectivity index (χ2v) is 4.71. The van der Waals surface area contributed by atoms with Crippen LogP contribution in [0, 0.1) is 0 Å². The molecule has 4 N–H and O–H groups in total. The van der Waals surface area contributed by atoms with Crippen molar-refractivity contribution < 1.29 is 9.59 Å². The van der Waals surface area contributed by atoms with Gasteiger partial charge in [-0.05, 0) is 12.8 Å². The Balaban J connectivity index is 1.93. The van der Waals surface area contributed by atoms with Crippen LogP contribution in [0.2, 0.25) is 0 Å². The Kier molecular flexibility index (Phi) is 3.40. The van der Waals surface area contributed by atoms with Crippen molar-refractivity contribution in [2.24, 2.45) is 10.7 Å². The van der Waals surface area contributed by atoms with E-state index in [4.69, 9.17) is 5.73 Å². The molecule has 0 aromatic carbocycles. The van der Waals surface area contributed by atoms with Crippen molar-refractivity contribution in [3.8, 4) is 0 Å². The van der Waals surface area contributed by atoms with Crippen molar-refractivity contribution >= 4 is 17.9 Å². The van der Waals surface area contributed by atoms with Gasteiger partial charge in [-0.2, -0.15) is 0 Å². The van der Waals surface area contributed by atoms with Crippen LogP contribution < -0.4 is 16.4 Å². The molecule has 0 bridgehead atoms. The fourth-order valence-electron chi connectivity index (χ4n) is 2.57. The molecule has 1 saturated heterocycles. The minimum Gasteiger partial charge on any atom is -0.370 e. The van der Waals surface area contributed by atoms with Gasteiger partial charge in [-0.25, -0.2) is 4.79 Å². The van der Waals surface area contributed by atoms with Crippen LogP contribution in [0.5, 0.6) is 0 Å². The normalized spacial score (nSPS) is 22.7. The predicted octanol–water partition coefficient (Wildman–Crippen LogP) is -0.615. The summed E-state index contributed by atoms with van der Waals surface area (Å²) in [5.74, 6) is 0.205. The molecule has 1 aliphatic carbocycles. The Hall–Kier alpha value is -1.79. The van der Waals surface area contributed by atoms with E-state index in [2.05, 4.69) is 15.6 Å². The number of nitrogens with one attached hydrogen (secondary N) is 2. The molecule has 0 radical (unpaired) electrons. The van der Waals surface area contributed by atoms with Crippen LogP contribution in [-0.4, -0.2) is 48.5 Å². The van der Waals surface area contributed by atoms with E-state index in [1.165, 1.54) is 4.90 Å². The molecule has 3 amide bonds. The summed E-state index contributed by atoms with van der Waals surface area (Å²) >= 11 is 0. The standard InChI is InChI=1S/C11H19N5O2/c1-13-9(12)14-6-7-16-8(17)11(15-10(16)18)4-2-3-5-11/h2-7H2,1H3,(H,15,18)(H3,12,13,14). The number of carbonyl (C=O) groups excluding carboxylic acids is 2. The maximum atomic E-state index is 12.2. The molecule has 1 heterocycles. The lowest BCUT2D eigenvalue weighted by Gasteiger charge is -2.20. The number of aliphatic imine (C=N–C) groups is 1. The number of nitrogens with zero attached hydrogens (tertiary/aromatic N) is 2. The smallest absolute Gasteiger partial charge is 0.325 e. The second kappa shape index (κ2) is 4.83. The van der Waals surface area contributed by atoms with Gasteiger partial charge in [0.1, 0.15) is 5.54 Å². The quantitative estimate of drug-likeness (QED) is 0.355. The molecule has 7 heteroatoms. The SMILES string of the molecule is CN=C(N)NCCN1C(=O)NC2(CCCC2)C1=O. The molecule has 18 heavy (non-hydrogen) atoms. The van der Waals surface area contributed by atoms with Crippen molar-refractivity contribution in [2.75, 3.05) is 20.1 Å². The second-order valence-electron chi connectivity index (χ2n) is 4.71. The van der Waals surface area contributed by atoms with Crippen molar-refractivity contribution in [3.05, 3.63) is 0 Å². The van der Waals surface area contributed by atoms with E-state index in [1.54, 1.807) is 7.05 Å². The van der Waals surface area contributed by atoms with E-state index in [0.29, 0.717) is 19.0 Å². The van der Waals surface area contributed by atoms with Crippen LogP contribution in [0.3, 0.4) is 0 Å². The minimum atomic E-state index is -0.624. The average Bonchev–Trinajstić information content (AvgIpc) is 2.90. The zero-order valence-electron chi connectivity index (χ0n) is 10.5. The minimum absolute atomic E-state index is 0.0983. The van der Waals surface area contributed by atoms with Gasteiger partial charge in [-0.15, -0.1) is 0 Å². The third-order valence-electron chi connectivity index (χ3n) is 3.59. The zero-order chi connectivity index (χ0) is 13.2. The number of hydrogen-bond acceptors (Lipinski definition) is 3. The lowest BCUT2D eigenvalue weighted by Crippen LogP contribution is -2.45. The summed E-state index contributed by atoms with van der Waals surface area (Å²) in [4.78, 5) is 29.0. The van der Waals surface area contributed by atoms with Gasteiger partial charge >= 0.3 is 6.03 Å². The summed E-state index contributed by atoms with van der Waals surface area (Å²) in [7, 11) is 1.57. The fourth-order valence-corrected chi connectivity index (χ4v) is 2.57. The van der Waals surface area contributed by atoms with Gasteiger partial charge in [0, 0.05) is 20.1 Å². The van der Waals surface area contributed by atoms with Crippen LogP contribution in [0.15, 0.2) is 4.99 Å². The van der Waals surface area contributed by atoms with Gasteiger partial charge in [-0.1, -0.05) is 12.8 Å². The van der Waals surface area contributed by atoms with Gasteiger partial charge in [0.05, 0.1) is 0 Å². The number of imide groups is 1. The topological polar surface area (TPSA) is 99.8 Å². The van der Waals surface area contributed by atoms with E-state index in [0.717, 1.165) is 25.7 Å². The molecule has 1 spiro atoms. The van der Waals surface area contributed by atoms with Crippen LogP contribution in [0.25, 0.3) is 0 Å². The van der Waals surface area contributed by atoms with Crippen molar-refractivity contribution in [1.29, 1.82) is 0 Å². The van der Waals surface area contributed by atoms with E-state index in [9.17, 15) is 9.59 Å². The molecule has 2 aliphatic rings. The lowest BCUT2D eigenvalue weighted by molar-refractivity contribution is -0.131. The van der Waals surface area contributed by atoms with Crippen molar-refractivity contribution in [3.63, 3.8) is 0 Å². The highest BCUT2D eigenvalue weighted by Crippen LogP contribution is 2.34. The summed E-state index contributed by atoms with van der Waals surface area (Å²) in [5.41, 5.74) is 4.85. The number of urea groups is 1. The molecule has 0 unspecified atom stereocenters. The Morgan fingerprint density at radius 3 is 2.78 bits per heavy atom. The van der Waals surface area contributed by atoms with Gasteiger partial charge in [0.25, 0.3) is 5.91 Å². The van der Waals surface area contributed by atoms with Crippen molar-refractivity contribution in [2.45, 2.75) is 31.2 Å². The maximum Gasteiger partial charge on any atom is 0.325 e. The fraction of sp³-hybridized carbons (Fsp3) is 0.727. The molecule has 7 nitrogen and oxygen atoms in total. The van der Waals surface area contributed by atoms with Crippen LogP contribution in [0.1, 0.15) is 25.7 Å². The van der Waals surface area contributed by atoms with Crippen LogP contribution >= 0.6 is 0 Å². The zero-order valence-corrected chi connectivity index (χ0v) is 10.5. The third-order valence-corrected chi connectivity index (χ3v) is 3.59. The Morgan fingerprint density at radius 2 is 2.17 bits per heavy atom. The summed E-state index contributed by atoms with van der Waals surface area (Å²) in [5, 5.41) is 5.66. The molecule has 100 valence electrons. The summed E-state index contributed by atoms with van der Waals surface area (Å²) in [6.07, 6.45) is 3.49. The van der Waals surface area contributed by atoms with Gasteiger partial charge in [0.2, 0.25) is 0 Å². The molecule has 1 saturated carbocycles. The largest absolute Gasteiger partial charge is 0.370 e. The van der Waals surface area contributed by atoms with Gasteiger partial charge in [-0.3, -0.25) is 14.7 Å². The summed E-state index contributed by atoms with van der Waals surface area (Å²) in [6.45, 7) is 0.723. The van der Waals surface area contributed by atoms with Crippen molar-refractivity contribution in [1.82, 2.24) is 15.5 Å². The van der Waals surface area contributed by atoms with E-state index in [-0.39, 0.29) is 11.9 Å². The monoisotopic (exact) mass is 253 g/mol. The third kappa shape index (κ3) is 2.12. The van der Waals surface area contributed by atoms with Crippen LogP contribution in [0.4, 0.5) is 4.79 Å². The maximum absolute atomic E-state index is 12.2. The first kappa shape index (κ1) is 12.7. The predicted molar refractivity (Wildman–Crippen MR) is 67.0 cm³/mol. The molecule has 0 atom stereocenters. The number of carbonyl (C=O) groups is 2. The first-order chi connectivity index (χ1) is 8.59. The molecule has 2 fully saturated rings. The highest BCUT2D eigenvalue weighted by atomic mass is 16.2. The molecule has 1 aliphatic heterocycles. The highest BCUT2D eigenvalue weighted by molar-refractivity contribution is 6.07. The Labute approximate surface area is 106 Å². The summed E-state index contributed by atoms with van der Waals surface area (Å²) < 4.78 is 0. The van der Waals surface area contributed by atoms with Crippen LogP contribution in [-0.2, 0) is 4.79 Å². The molecule has 2 rings (SSSR count). The highest BCUT2D eigenvalue weighted by Gasteiger charge is 2.51. The number of hydrogen-bond donors (Lipinski definition) is 3. The Bertz CT molecular complexity index is 387. The number of rotatable bonds is 3. The molecule has 0 aromatic heterocycles. The van der Waals surface area contributed by atoms with Gasteiger partial charge < -0.3 is 16.4 Å². The first-order valence-electron chi connectivity index (χ1n) is 6.19. The molecule has 0 aromatic rings. The molecular weight excluding hydrogens is 234 g/mol. The number of guanidine groups is 1. The lowest BCUT2D eigenvalue weighted by atomic mass is 9.98. The number of nitrogens with two attached hydrogens (primary N) is 1. The first-order valence-corrected chi connectivity index (χ1v) is 6.19.